The van der Waals surface area contributed by atoms with Gasteiger partial charge < -0.3 is 9.73 Å². The summed E-state index contributed by atoms with van der Waals surface area (Å²) < 4.78 is 4.98. The van der Waals surface area contributed by atoms with E-state index in [1.165, 1.54) is 5.57 Å². The van der Waals surface area contributed by atoms with Crippen molar-refractivity contribution in [2.24, 2.45) is 0 Å². The van der Waals surface area contributed by atoms with Gasteiger partial charge in [0.1, 0.15) is 0 Å². The summed E-state index contributed by atoms with van der Waals surface area (Å²) in [6, 6.07) is 2.49. The van der Waals surface area contributed by atoms with Crippen LogP contribution in [0.15, 0.2) is 28.6 Å². The summed E-state index contributed by atoms with van der Waals surface area (Å²) in [6.45, 7) is 7.33. The molecule has 0 aliphatic rings. The van der Waals surface area contributed by atoms with Crippen LogP contribution in [-0.2, 0) is 0 Å². The zero-order chi connectivity index (χ0) is 9.68. The third-order valence-electron chi connectivity index (χ3n) is 1.75. The van der Waals surface area contributed by atoms with Crippen LogP contribution in [0.25, 0.3) is 6.08 Å². The third kappa shape index (κ3) is 3.95. The van der Waals surface area contributed by atoms with Gasteiger partial charge in [-0.3, -0.25) is 0 Å². The summed E-state index contributed by atoms with van der Waals surface area (Å²) in [4.78, 5) is 0. The van der Waals surface area contributed by atoms with Gasteiger partial charge in [0.25, 0.3) is 0 Å². The molecule has 0 saturated carbocycles. The van der Waals surface area contributed by atoms with Gasteiger partial charge in [0.15, 0.2) is 0 Å². The molecule has 1 aromatic rings. The van der Waals surface area contributed by atoms with E-state index in [2.05, 4.69) is 32.2 Å². The predicted octanol–water partition coefficient (Wildman–Crippen LogP) is 2.68. The van der Waals surface area contributed by atoms with E-state index in [1.807, 2.05) is 6.07 Å². The molecule has 0 spiro atoms. The Morgan fingerprint density at radius 3 is 2.92 bits per heavy atom. The SMILES string of the molecule is CC(=Cc1ccoc1)CNC(C)C. The molecule has 0 fully saturated rings. The smallest absolute Gasteiger partial charge is 0.0974 e. The second kappa shape index (κ2) is 4.87. The van der Waals surface area contributed by atoms with E-state index < -0.39 is 0 Å². The van der Waals surface area contributed by atoms with Crippen molar-refractivity contribution in [2.75, 3.05) is 6.54 Å². The average molecular weight is 179 g/mol. The Kier molecular flexibility index (Phi) is 3.77. The van der Waals surface area contributed by atoms with Gasteiger partial charge in [0.2, 0.25) is 0 Å². The van der Waals surface area contributed by atoms with Gasteiger partial charge in [-0.25, -0.2) is 0 Å². The van der Waals surface area contributed by atoms with Gasteiger partial charge in [0, 0.05) is 18.2 Å². The molecule has 0 aliphatic heterocycles. The molecule has 0 aromatic carbocycles. The zero-order valence-electron chi connectivity index (χ0n) is 8.50. The van der Waals surface area contributed by atoms with Gasteiger partial charge in [-0.05, 0) is 13.0 Å². The van der Waals surface area contributed by atoms with Crippen LogP contribution >= 0.6 is 0 Å². The molecule has 0 aliphatic carbocycles. The zero-order valence-corrected chi connectivity index (χ0v) is 8.50. The van der Waals surface area contributed by atoms with Crippen LogP contribution in [-0.4, -0.2) is 12.6 Å². The van der Waals surface area contributed by atoms with Gasteiger partial charge in [-0.15, -0.1) is 0 Å². The third-order valence-corrected chi connectivity index (χ3v) is 1.75. The largest absolute Gasteiger partial charge is 0.472 e. The molecule has 0 unspecified atom stereocenters. The van der Waals surface area contributed by atoms with Crippen molar-refractivity contribution in [1.29, 1.82) is 0 Å². The minimum Gasteiger partial charge on any atom is -0.472 e. The number of furan rings is 1. The molecule has 0 saturated heterocycles. The molecule has 0 amide bonds. The highest BCUT2D eigenvalue weighted by Crippen LogP contribution is 2.06. The van der Waals surface area contributed by atoms with E-state index in [9.17, 15) is 0 Å². The summed E-state index contributed by atoms with van der Waals surface area (Å²) in [6.07, 6.45) is 5.56. The maximum absolute atomic E-state index is 4.98. The van der Waals surface area contributed by atoms with Crippen molar-refractivity contribution in [3.63, 3.8) is 0 Å². The Bertz CT molecular complexity index is 260. The average Bonchev–Trinajstić information content (AvgIpc) is 2.53. The minimum atomic E-state index is 0.535. The summed E-state index contributed by atoms with van der Waals surface area (Å²) in [7, 11) is 0. The van der Waals surface area contributed by atoms with Gasteiger partial charge >= 0.3 is 0 Å². The lowest BCUT2D eigenvalue weighted by molar-refractivity contribution is 0.566. The van der Waals surface area contributed by atoms with Crippen molar-refractivity contribution >= 4 is 6.08 Å². The van der Waals surface area contributed by atoms with Crippen LogP contribution in [0.2, 0.25) is 0 Å². The number of rotatable bonds is 4. The number of hydrogen-bond donors (Lipinski definition) is 1. The molecule has 1 aromatic heterocycles. The molecule has 0 bridgehead atoms. The Balaban J connectivity index is 2.43. The van der Waals surface area contributed by atoms with E-state index in [-0.39, 0.29) is 0 Å². The lowest BCUT2D eigenvalue weighted by Crippen LogP contribution is -2.24. The molecular formula is C11H17NO. The fourth-order valence-electron chi connectivity index (χ4n) is 1.06. The summed E-state index contributed by atoms with van der Waals surface area (Å²) in [5.41, 5.74) is 2.44. The molecule has 2 nitrogen and oxygen atoms in total. The first kappa shape index (κ1) is 10.1. The predicted molar refractivity (Wildman–Crippen MR) is 55.5 cm³/mol. The van der Waals surface area contributed by atoms with Crippen LogP contribution in [0.4, 0.5) is 0 Å². The maximum atomic E-state index is 4.98. The van der Waals surface area contributed by atoms with Crippen LogP contribution < -0.4 is 5.32 Å². The quantitative estimate of drug-likeness (QED) is 0.768. The molecule has 13 heavy (non-hydrogen) atoms. The minimum absolute atomic E-state index is 0.535. The van der Waals surface area contributed by atoms with Crippen molar-refractivity contribution < 1.29 is 4.42 Å². The standard InChI is InChI=1S/C11H17NO/c1-9(2)12-7-10(3)6-11-4-5-13-8-11/h4-6,8-9,12H,7H2,1-3H3. The molecule has 1 rings (SSSR count). The normalized spacial score (nSPS) is 12.5. The lowest BCUT2D eigenvalue weighted by Gasteiger charge is -2.07. The second-order valence-electron chi connectivity index (χ2n) is 3.58. The summed E-state index contributed by atoms with van der Waals surface area (Å²) in [5, 5.41) is 3.36. The van der Waals surface area contributed by atoms with E-state index in [4.69, 9.17) is 4.42 Å². The highest BCUT2D eigenvalue weighted by atomic mass is 16.3. The Morgan fingerprint density at radius 2 is 2.38 bits per heavy atom. The lowest BCUT2D eigenvalue weighted by atomic mass is 10.2. The Morgan fingerprint density at radius 1 is 1.62 bits per heavy atom. The number of hydrogen-bond acceptors (Lipinski definition) is 2. The monoisotopic (exact) mass is 179 g/mol. The molecule has 0 atom stereocenters. The van der Waals surface area contributed by atoms with E-state index >= 15 is 0 Å². The van der Waals surface area contributed by atoms with Gasteiger partial charge in [0.05, 0.1) is 12.5 Å². The van der Waals surface area contributed by atoms with E-state index in [0.29, 0.717) is 6.04 Å². The van der Waals surface area contributed by atoms with Crippen LogP contribution in [0.5, 0.6) is 0 Å². The van der Waals surface area contributed by atoms with Gasteiger partial charge in [-0.2, -0.15) is 0 Å². The topological polar surface area (TPSA) is 25.2 Å². The van der Waals surface area contributed by atoms with Crippen molar-refractivity contribution in [3.05, 3.63) is 29.7 Å². The van der Waals surface area contributed by atoms with Gasteiger partial charge in [-0.1, -0.05) is 25.5 Å². The summed E-state index contributed by atoms with van der Waals surface area (Å²) >= 11 is 0. The Labute approximate surface area is 79.6 Å². The first-order valence-electron chi connectivity index (χ1n) is 4.61. The van der Waals surface area contributed by atoms with Crippen LogP contribution in [0.3, 0.4) is 0 Å². The number of nitrogens with one attached hydrogen (secondary N) is 1. The van der Waals surface area contributed by atoms with E-state index in [0.717, 1.165) is 12.1 Å². The molecule has 0 radical (unpaired) electrons. The molecule has 1 heterocycles. The fourth-order valence-corrected chi connectivity index (χ4v) is 1.06. The van der Waals surface area contributed by atoms with Crippen molar-refractivity contribution in [1.82, 2.24) is 5.32 Å². The first-order valence-corrected chi connectivity index (χ1v) is 4.61. The maximum Gasteiger partial charge on any atom is 0.0974 e. The highest BCUT2D eigenvalue weighted by molar-refractivity contribution is 5.50. The second-order valence-corrected chi connectivity index (χ2v) is 3.58. The summed E-state index contributed by atoms with van der Waals surface area (Å²) in [5.74, 6) is 0. The van der Waals surface area contributed by atoms with Crippen molar-refractivity contribution in [3.8, 4) is 0 Å². The molecular weight excluding hydrogens is 162 g/mol. The molecule has 2 heteroatoms. The van der Waals surface area contributed by atoms with Crippen LogP contribution in [0.1, 0.15) is 26.3 Å². The van der Waals surface area contributed by atoms with E-state index in [1.54, 1.807) is 12.5 Å². The fraction of sp³-hybridized carbons (Fsp3) is 0.455. The van der Waals surface area contributed by atoms with Crippen LogP contribution in [0, 0.1) is 0 Å². The Hall–Kier alpha value is -1.02. The molecule has 1 N–H and O–H groups in total. The van der Waals surface area contributed by atoms with Crippen molar-refractivity contribution in [2.45, 2.75) is 26.8 Å². The molecule has 72 valence electrons. The first-order chi connectivity index (χ1) is 6.18. The highest BCUT2D eigenvalue weighted by Gasteiger charge is 1.94.